The van der Waals surface area contributed by atoms with Crippen molar-refractivity contribution in [2.45, 2.75) is 13.8 Å². The summed E-state index contributed by atoms with van der Waals surface area (Å²) in [6, 6.07) is 7.45. The van der Waals surface area contributed by atoms with E-state index in [1.165, 1.54) is 30.3 Å². The summed E-state index contributed by atoms with van der Waals surface area (Å²) in [5.74, 6) is -1.17. The molecule has 0 aliphatic heterocycles. The minimum Gasteiger partial charge on any atom is -0.508 e. The van der Waals surface area contributed by atoms with E-state index in [1.807, 2.05) is 13.8 Å². The summed E-state index contributed by atoms with van der Waals surface area (Å²) in [4.78, 5) is 10.5. The van der Waals surface area contributed by atoms with Crippen LogP contribution in [0.5, 0.6) is 5.75 Å². The molecule has 0 bridgehead atoms. The van der Waals surface area contributed by atoms with Crippen LogP contribution in [0.15, 0.2) is 29.8 Å². The van der Waals surface area contributed by atoms with Crippen LogP contribution in [0.25, 0.3) is 6.08 Å². The lowest BCUT2D eigenvalue weighted by Crippen LogP contribution is -1.97. The van der Waals surface area contributed by atoms with E-state index in [2.05, 4.69) is 0 Å². The maximum absolute atomic E-state index is 10.5. The van der Waals surface area contributed by atoms with Gasteiger partial charge in [0, 0.05) is 0 Å². The van der Waals surface area contributed by atoms with E-state index in [4.69, 9.17) is 15.5 Å². The molecule has 0 unspecified atom stereocenters. The van der Waals surface area contributed by atoms with Gasteiger partial charge in [-0.15, -0.1) is 0 Å². The summed E-state index contributed by atoms with van der Waals surface area (Å²) in [7, 11) is 0. The number of carboxylic acid groups (broad SMARTS) is 1. The number of aliphatic carboxylic acids is 1. The molecule has 1 aromatic carbocycles. The van der Waals surface area contributed by atoms with Crippen molar-refractivity contribution < 1.29 is 15.0 Å². The van der Waals surface area contributed by atoms with Crippen LogP contribution < -0.4 is 0 Å². The molecule has 0 saturated heterocycles. The van der Waals surface area contributed by atoms with Crippen LogP contribution in [0.2, 0.25) is 0 Å². The topological polar surface area (TPSA) is 81.3 Å². The normalized spacial score (nSPS) is 9.69. The highest BCUT2D eigenvalue weighted by Gasteiger charge is 2.04. The number of carbonyl (C=O) groups is 1. The Morgan fingerprint density at radius 3 is 2.19 bits per heavy atom. The van der Waals surface area contributed by atoms with Crippen LogP contribution in [0, 0.1) is 11.3 Å². The molecule has 4 nitrogen and oxygen atoms in total. The van der Waals surface area contributed by atoms with Gasteiger partial charge in [-0.1, -0.05) is 26.0 Å². The fraction of sp³-hybridized carbons (Fsp3) is 0.167. The van der Waals surface area contributed by atoms with Gasteiger partial charge in [-0.05, 0) is 23.8 Å². The number of aromatic hydroxyl groups is 1. The molecule has 0 spiro atoms. The molecule has 0 radical (unpaired) electrons. The average molecular weight is 219 g/mol. The first kappa shape index (κ1) is 13.7. The van der Waals surface area contributed by atoms with Gasteiger partial charge >= 0.3 is 5.97 Å². The van der Waals surface area contributed by atoms with Crippen LogP contribution in [-0.4, -0.2) is 16.2 Å². The molecule has 84 valence electrons. The fourth-order valence-corrected chi connectivity index (χ4v) is 0.879. The smallest absolute Gasteiger partial charge is 0.346 e. The van der Waals surface area contributed by atoms with E-state index >= 15 is 0 Å². The Balaban J connectivity index is 0.00000106. The quantitative estimate of drug-likeness (QED) is 0.591. The molecule has 0 saturated carbocycles. The van der Waals surface area contributed by atoms with Gasteiger partial charge in [0.2, 0.25) is 0 Å². The molecule has 1 rings (SSSR count). The number of carboxylic acids is 1. The van der Waals surface area contributed by atoms with Crippen molar-refractivity contribution in [1.29, 1.82) is 5.26 Å². The van der Waals surface area contributed by atoms with Gasteiger partial charge in [0.25, 0.3) is 0 Å². The first-order chi connectivity index (χ1) is 7.63. The van der Waals surface area contributed by atoms with Gasteiger partial charge < -0.3 is 10.2 Å². The number of phenols is 1. The second-order valence-corrected chi connectivity index (χ2v) is 2.57. The SMILES string of the molecule is CC.N#C/C(=C\c1ccc(O)cc1)C(=O)O. The Morgan fingerprint density at radius 1 is 1.31 bits per heavy atom. The van der Waals surface area contributed by atoms with Crippen molar-refractivity contribution in [3.8, 4) is 11.8 Å². The molecule has 0 heterocycles. The Kier molecular flexibility index (Phi) is 6.06. The summed E-state index contributed by atoms with van der Waals surface area (Å²) in [5, 5.41) is 26.0. The molecular formula is C12H13NO3. The molecule has 1 aromatic rings. The molecule has 2 N–H and O–H groups in total. The lowest BCUT2D eigenvalue weighted by molar-refractivity contribution is -0.132. The van der Waals surface area contributed by atoms with Gasteiger partial charge in [0.15, 0.2) is 0 Å². The minimum atomic E-state index is -1.26. The molecule has 0 fully saturated rings. The van der Waals surface area contributed by atoms with Crippen molar-refractivity contribution in [1.82, 2.24) is 0 Å². The number of nitriles is 1. The van der Waals surface area contributed by atoms with E-state index in [0.29, 0.717) is 5.56 Å². The summed E-state index contributed by atoms with van der Waals surface area (Å²) in [6.45, 7) is 4.00. The van der Waals surface area contributed by atoms with Gasteiger partial charge in [-0.25, -0.2) is 4.79 Å². The highest BCUT2D eigenvalue weighted by Crippen LogP contribution is 2.12. The molecule has 4 heteroatoms. The zero-order valence-electron chi connectivity index (χ0n) is 9.14. The largest absolute Gasteiger partial charge is 0.508 e. The van der Waals surface area contributed by atoms with Crippen LogP contribution in [-0.2, 0) is 4.79 Å². The molecule has 0 aliphatic carbocycles. The fourth-order valence-electron chi connectivity index (χ4n) is 0.879. The third-order valence-corrected chi connectivity index (χ3v) is 1.55. The average Bonchev–Trinajstić information content (AvgIpc) is 2.30. The highest BCUT2D eigenvalue weighted by atomic mass is 16.4. The lowest BCUT2D eigenvalue weighted by Gasteiger charge is -1.94. The first-order valence-corrected chi connectivity index (χ1v) is 4.77. The molecule has 0 aromatic heterocycles. The third-order valence-electron chi connectivity index (χ3n) is 1.55. The molecule has 0 amide bonds. The van der Waals surface area contributed by atoms with Gasteiger partial charge in [0.1, 0.15) is 17.4 Å². The van der Waals surface area contributed by atoms with Crippen molar-refractivity contribution in [3.05, 3.63) is 35.4 Å². The minimum absolute atomic E-state index is 0.0935. The number of hydrogen-bond acceptors (Lipinski definition) is 3. The third kappa shape index (κ3) is 4.29. The Morgan fingerprint density at radius 2 is 1.81 bits per heavy atom. The lowest BCUT2D eigenvalue weighted by atomic mass is 10.1. The zero-order chi connectivity index (χ0) is 12.6. The van der Waals surface area contributed by atoms with Crippen LogP contribution >= 0.6 is 0 Å². The second-order valence-electron chi connectivity index (χ2n) is 2.57. The standard InChI is InChI=1S/C10H7NO3.C2H6/c11-6-8(10(13)14)5-7-1-3-9(12)4-2-7;1-2/h1-5,12H,(H,13,14);1-2H3/b8-5+;. The monoisotopic (exact) mass is 219 g/mol. The number of phenolic OH excluding ortho intramolecular Hbond substituents is 1. The second kappa shape index (κ2) is 7.07. The van der Waals surface area contributed by atoms with E-state index in [1.54, 1.807) is 6.07 Å². The molecular weight excluding hydrogens is 206 g/mol. The maximum Gasteiger partial charge on any atom is 0.346 e. The predicted molar refractivity (Wildman–Crippen MR) is 60.7 cm³/mol. The Labute approximate surface area is 94.1 Å². The molecule has 16 heavy (non-hydrogen) atoms. The number of benzene rings is 1. The van der Waals surface area contributed by atoms with Crippen molar-refractivity contribution >= 4 is 12.0 Å². The number of hydrogen-bond donors (Lipinski definition) is 2. The predicted octanol–water partition coefficient (Wildman–Crippen LogP) is 2.41. The first-order valence-electron chi connectivity index (χ1n) is 4.77. The highest BCUT2D eigenvalue weighted by molar-refractivity contribution is 5.96. The van der Waals surface area contributed by atoms with E-state index in [0.717, 1.165) is 0 Å². The van der Waals surface area contributed by atoms with Crippen molar-refractivity contribution in [3.63, 3.8) is 0 Å². The summed E-state index contributed by atoms with van der Waals surface area (Å²) < 4.78 is 0. The van der Waals surface area contributed by atoms with Crippen LogP contribution in [0.4, 0.5) is 0 Å². The molecule has 0 atom stereocenters. The van der Waals surface area contributed by atoms with Gasteiger partial charge in [0.05, 0.1) is 0 Å². The summed E-state index contributed by atoms with van der Waals surface area (Å²) >= 11 is 0. The molecule has 0 aliphatic rings. The summed E-state index contributed by atoms with van der Waals surface area (Å²) in [6.07, 6.45) is 1.24. The van der Waals surface area contributed by atoms with Crippen LogP contribution in [0.1, 0.15) is 19.4 Å². The van der Waals surface area contributed by atoms with Gasteiger partial charge in [-0.2, -0.15) is 5.26 Å². The van der Waals surface area contributed by atoms with E-state index < -0.39 is 5.97 Å². The number of nitrogens with zero attached hydrogens (tertiary/aromatic N) is 1. The Hall–Kier alpha value is -2.28. The van der Waals surface area contributed by atoms with Crippen molar-refractivity contribution in [2.24, 2.45) is 0 Å². The number of rotatable bonds is 2. The van der Waals surface area contributed by atoms with E-state index in [9.17, 15) is 4.79 Å². The zero-order valence-corrected chi connectivity index (χ0v) is 9.14. The summed E-state index contributed by atoms with van der Waals surface area (Å²) in [5.41, 5.74) is 0.220. The van der Waals surface area contributed by atoms with Crippen LogP contribution in [0.3, 0.4) is 0 Å². The van der Waals surface area contributed by atoms with Gasteiger partial charge in [-0.3, -0.25) is 0 Å². The Bertz CT molecular complexity index is 413. The van der Waals surface area contributed by atoms with Crippen molar-refractivity contribution in [2.75, 3.05) is 0 Å². The van der Waals surface area contributed by atoms with E-state index in [-0.39, 0.29) is 11.3 Å². The maximum atomic E-state index is 10.5.